The Bertz CT molecular complexity index is 257. The van der Waals surface area contributed by atoms with E-state index in [1.54, 1.807) is 0 Å². The third-order valence-corrected chi connectivity index (χ3v) is 2.32. The second-order valence-electron chi connectivity index (χ2n) is 3.43. The Morgan fingerprint density at radius 1 is 1.07 bits per heavy atom. The molecule has 1 fully saturated rings. The van der Waals surface area contributed by atoms with E-state index in [-0.39, 0.29) is 6.29 Å². The molecule has 0 unspecified atom stereocenters. The van der Waals surface area contributed by atoms with Crippen LogP contribution in [0.25, 0.3) is 0 Å². The first kappa shape index (κ1) is 9.62. The predicted molar refractivity (Wildman–Crippen MR) is 51.6 cm³/mol. The normalized spacial score (nSPS) is 17.4. The van der Waals surface area contributed by atoms with E-state index in [1.807, 2.05) is 18.2 Å². The van der Waals surface area contributed by atoms with Crippen molar-refractivity contribution >= 4 is 0 Å². The van der Waals surface area contributed by atoms with E-state index in [2.05, 4.69) is 17.0 Å². The second kappa shape index (κ2) is 5.08. The van der Waals surface area contributed by atoms with Crippen molar-refractivity contribution in [2.45, 2.75) is 25.7 Å². The maximum Gasteiger partial charge on any atom is 0.168 e. The lowest BCUT2D eigenvalue weighted by Gasteiger charge is -2.06. The van der Waals surface area contributed by atoms with Crippen LogP contribution in [0.3, 0.4) is 0 Å². The van der Waals surface area contributed by atoms with Crippen LogP contribution in [0.15, 0.2) is 30.6 Å². The molecule has 0 N–H and O–H groups in total. The Kier molecular flexibility index (Phi) is 3.49. The van der Waals surface area contributed by atoms with Crippen LogP contribution in [-0.2, 0) is 16.0 Å². The average Bonchev–Trinajstić information content (AvgIpc) is 2.72. The molecule has 1 aromatic rings. The number of nitrogens with zero attached hydrogens (tertiary/aromatic N) is 1. The van der Waals surface area contributed by atoms with Crippen molar-refractivity contribution in [1.29, 1.82) is 0 Å². The SMILES string of the molecule is c1cc[n+](CCCC2OCCO2)cc1. The summed E-state index contributed by atoms with van der Waals surface area (Å²) < 4.78 is 12.9. The van der Waals surface area contributed by atoms with Gasteiger partial charge in [0.25, 0.3) is 0 Å². The summed E-state index contributed by atoms with van der Waals surface area (Å²) in [6, 6.07) is 6.12. The molecule has 0 radical (unpaired) electrons. The number of ether oxygens (including phenoxy) is 2. The van der Waals surface area contributed by atoms with Gasteiger partial charge in [0.05, 0.1) is 13.2 Å². The Morgan fingerprint density at radius 2 is 1.79 bits per heavy atom. The van der Waals surface area contributed by atoms with Crippen molar-refractivity contribution in [2.24, 2.45) is 0 Å². The minimum absolute atomic E-state index is 0.0410. The van der Waals surface area contributed by atoms with Crippen LogP contribution >= 0.6 is 0 Å². The molecule has 2 rings (SSSR count). The molecular formula is C11H16NO2+. The average molecular weight is 194 g/mol. The summed E-state index contributed by atoms with van der Waals surface area (Å²) in [5.74, 6) is 0. The maximum absolute atomic E-state index is 5.36. The van der Waals surface area contributed by atoms with Crippen molar-refractivity contribution in [3.8, 4) is 0 Å². The minimum atomic E-state index is 0.0410. The fourth-order valence-electron chi connectivity index (χ4n) is 1.60. The van der Waals surface area contributed by atoms with Gasteiger partial charge in [-0.2, -0.15) is 0 Å². The Hall–Kier alpha value is -0.930. The van der Waals surface area contributed by atoms with Gasteiger partial charge >= 0.3 is 0 Å². The van der Waals surface area contributed by atoms with Gasteiger partial charge < -0.3 is 9.47 Å². The highest BCUT2D eigenvalue weighted by Crippen LogP contribution is 2.09. The molecule has 3 heteroatoms. The van der Waals surface area contributed by atoms with Crippen LogP contribution in [0.1, 0.15) is 12.8 Å². The topological polar surface area (TPSA) is 22.3 Å². The monoisotopic (exact) mass is 194 g/mol. The van der Waals surface area contributed by atoms with Crippen molar-refractivity contribution < 1.29 is 14.0 Å². The van der Waals surface area contributed by atoms with E-state index in [0.29, 0.717) is 0 Å². The van der Waals surface area contributed by atoms with E-state index in [0.717, 1.165) is 32.6 Å². The summed E-state index contributed by atoms with van der Waals surface area (Å²) >= 11 is 0. The van der Waals surface area contributed by atoms with Crippen LogP contribution in [0.5, 0.6) is 0 Å². The molecule has 0 aliphatic carbocycles. The van der Waals surface area contributed by atoms with Gasteiger partial charge in [-0.1, -0.05) is 6.07 Å². The number of aromatic nitrogens is 1. The summed E-state index contributed by atoms with van der Waals surface area (Å²) in [7, 11) is 0. The summed E-state index contributed by atoms with van der Waals surface area (Å²) in [6.45, 7) is 2.54. The molecule has 0 amide bonds. The zero-order valence-electron chi connectivity index (χ0n) is 8.26. The number of aryl methyl sites for hydroxylation is 1. The molecule has 0 spiro atoms. The molecule has 76 valence electrons. The van der Waals surface area contributed by atoms with Gasteiger partial charge in [-0.3, -0.25) is 0 Å². The fraction of sp³-hybridized carbons (Fsp3) is 0.545. The second-order valence-corrected chi connectivity index (χ2v) is 3.43. The van der Waals surface area contributed by atoms with Gasteiger partial charge in [0.1, 0.15) is 6.54 Å². The van der Waals surface area contributed by atoms with Crippen molar-refractivity contribution in [3.05, 3.63) is 30.6 Å². The fourth-order valence-corrected chi connectivity index (χ4v) is 1.60. The van der Waals surface area contributed by atoms with Crippen molar-refractivity contribution in [3.63, 3.8) is 0 Å². The summed E-state index contributed by atoms with van der Waals surface area (Å²) in [5, 5.41) is 0. The van der Waals surface area contributed by atoms with E-state index in [9.17, 15) is 0 Å². The largest absolute Gasteiger partial charge is 0.350 e. The molecule has 1 aliphatic heterocycles. The Balaban J connectivity index is 1.67. The third-order valence-electron chi connectivity index (χ3n) is 2.32. The molecule has 1 aromatic heterocycles. The summed E-state index contributed by atoms with van der Waals surface area (Å²) in [6.07, 6.45) is 6.29. The molecule has 0 aromatic carbocycles. The number of rotatable bonds is 4. The van der Waals surface area contributed by atoms with Gasteiger partial charge in [0.2, 0.25) is 0 Å². The van der Waals surface area contributed by atoms with Gasteiger partial charge in [-0.05, 0) is 0 Å². The Labute approximate surface area is 84.3 Å². The zero-order chi connectivity index (χ0) is 9.64. The van der Waals surface area contributed by atoms with Crippen LogP contribution in [0.4, 0.5) is 0 Å². The quantitative estimate of drug-likeness (QED) is 0.670. The first-order valence-electron chi connectivity index (χ1n) is 5.12. The molecule has 2 heterocycles. The van der Waals surface area contributed by atoms with Crippen LogP contribution < -0.4 is 4.57 Å². The summed E-state index contributed by atoms with van der Waals surface area (Å²) in [4.78, 5) is 0. The lowest BCUT2D eigenvalue weighted by atomic mass is 10.3. The zero-order valence-corrected chi connectivity index (χ0v) is 8.26. The van der Waals surface area contributed by atoms with E-state index < -0.39 is 0 Å². The van der Waals surface area contributed by atoms with Crippen molar-refractivity contribution in [1.82, 2.24) is 0 Å². The molecule has 3 nitrogen and oxygen atoms in total. The first-order valence-corrected chi connectivity index (χ1v) is 5.12. The highest BCUT2D eigenvalue weighted by atomic mass is 16.7. The molecule has 0 bridgehead atoms. The number of hydrogen-bond acceptors (Lipinski definition) is 2. The van der Waals surface area contributed by atoms with Crippen molar-refractivity contribution in [2.75, 3.05) is 13.2 Å². The van der Waals surface area contributed by atoms with Crippen LogP contribution in [0.2, 0.25) is 0 Å². The maximum atomic E-state index is 5.36. The van der Waals surface area contributed by atoms with E-state index >= 15 is 0 Å². The van der Waals surface area contributed by atoms with E-state index in [4.69, 9.17) is 9.47 Å². The summed E-state index contributed by atoms with van der Waals surface area (Å²) in [5.41, 5.74) is 0. The smallest absolute Gasteiger partial charge is 0.168 e. The predicted octanol–water partition coefficient (Wildman–Crippen LogP) is 1.13. The Morgan fingerprint density at radius 3 is 2.50 bits per heavy atom. The highest BCUT2D eigenvalue weighted by molar-refractivity contribution is 4.83. The van der Waals surface area contributed by atoms with Crippen LogP contribution in [-0.4, -0.2) is 19.5 Å². The highest BCUT2D eigenvalue weighted by Gasteiger charge is 2.15. The number of hydrogen-bond donors (Lipinski definition) is 0. The lowest BCUT2D eigenvalue weighted by Crippen LogP contribution is -2.32. The molecule has 14 heavy (non-hydrogen) atoms. The molecule has 0 atom stereocenters. The van der Waals surface area contributed by atoms with Gasteiger partial charge in [0, 0.05) is 25.0 Å². The minimum Gasteiger partial charge on any atom is -0.350 e. The first-order chi connectivity index (χ1) is 6.95. The molecule has 1 aliphatic rings. The third kappa shape index (κ3) is 2.79. The van der Waals surface area contributed by atoms with Gasteiger partial charge in [-0.25, -0.2) is 4.57 Å². The molecule has 1 saturated heterocycles. The standard InChI is InChI=1S/C11H16NO2/c1-2-6-12(7-3-1)8-4-5-11-13-9-10-14-11/h1-3,6-7,11H,4-5,8-10H2/q+1. The lowest BCUT2D eigenvalue weighted by molar-refractivity contribution is -0.697. The molecular weight excluding hydrogens is 178 g/mol. The molecule has 0 saturated carbocycles. The van der Waals surface area contributed by atoms with Gasteiger partial charge in [-0.15, -0.1) is 0 Å². The van der Waals surface area contributed by atoms with Crippen LogP contribution in [0, 0.1) is 0 Å². The number of pyridine rings is 1. The van der Waals surface area contributed by atoms with E-state index in [1.165, 1.54) is 0 Å². The van der Waals surface area contributed by atoms with Gasteiger partial charge in [0.15, 0.2) is 18.7 Å².